The highest BCUT2D eigenvalue weighted by Crippen LogP contribution is 2.13. The summed E-state index contributed by atoms with van der Waals surface area (Å²) in [5.41, 5.74) is 1.60. The van der Waals surface area contributed by atoms with Gasteiger partial charge in [0.25, 0.3) is 5.56 Å². The fourth-order valence-corrected chi connectivity index (χ4v) is 1.76. The zero-order chi connectivity index (χ0) is 16.8. The highest BCUT2D eigenvalue weighted by Gasteiger charge is 2.27. The minimum atomic E-state index is -4.38. The molecule has 0 spiro atoms. The van der Waals surface area contributed by atoms with Gasteiger partial charge in [0.15, 0.2) is 0 Å². The zero-order valence-electron chi connectivity index (χ0n) is 12.3. The number of carbonyl (C=O) groups is 1. The summed E-state index contributed by atoms with van der Waals surface area (Å²) in [4.78, 5) is 25.8. The molecule has 0 aliphatic heterocycles. The van der Waals surface area contributed by atoms with Gasteiger partial charge >= 0.3 is 12.2 Å². The van der Waals surface area contributed by atoms with Crippen LogP contribution in [0.5, 0.6) is 0 Å². The molecule has 1 aromatic heterocycles. The lowest BCUT2D eigenvalue weighted by atomic mass is 10.1. The Morgan fingerprint density at radius 3 is 2.59 bits per heavy atom. The summed E-state index contributed by atoms with van der Waals surface area (Å²) in [6.07, 6.45) is -4.38. The molecule has 0 aliphatic carbocycles. The van der Waals surface area contributed by atoms with Crippen LogP contribution in [-0.2, 0) is 11.3 Å². The molecule has 1 rings (SSSR count). The van der Waals surface area contributed by atoms with Gasteiger partial charge in [-0.25, -0.2) is 4.79 Å². The highest BCUT2D eigenvalue weighted by molar-refractivity contribution is 5.73. The quantitative estimate of drug-likeness (QED) is 0.692. The molecule has 3 N–H and O–H groups in total. The number of H-pyrrole nitrogens is 1. The molecule has 1 heterocycles. The van der Waals surface area contributed by atoms with Crippen molar-refractivity contribution in [2.45, 2.75) is 26.6 Å². The van der Waals surface area contributed by atoms with Gasteiger partial charge in [0.2, 0.25) is 0 Å². The molecule has 0 fully saturated rings. The van der Waals surface area contributed by atoms with Crippen LogP contribution >= 0.6 is 0 Å². The molecule has 0 aromatic carbocycles. The Morgan fingerprint density at radius 1 is 1.32 bits per heavy atom. The first kappa shape index (κ1) is 18.0. The van der Waals surface area contributed by atoms with Crippen molar-refractivity contribution in [2.24, 2.45) is 0 Å². The van der Waals surface area contributed by atoms with Crippen LogP contribution in [0.4, 0.5) is 18.0 Å². The first-order chi connectivity index (χ1) is 10.2. The standard InChI is InChI=1S/C13H18F3N3O3/c1-8-5-9(2)19-11(20)10(8)6-18-12(21)17-3-4-22-7-13(14,15)16/h5H,3-4,6-7H2,1-2H3,(H,19,20)(H2,17,18,21). The van der Waals surface area contributed by atoms with E-state index < -0.39 is 18.8 Å². The normalized spacial score (nSPS) is 11.3. The zero-order valence-corrected chi connectivity index (χ0v) is 12.3. The molecule has 0 bridgehead atoms. The number of hydrogen-bond acceptors (Lipinski definition) is 3. The molecule has 0 saturated heterocycles. The number of amides is 2. The monoisotopic (exact) mass is 321 g/mol. The molecule has 0 saturated carbocycles. The van der Waals surface area contributed by atoms with Gasteiger partial charge in [-0.15, -0.1) is 0 Å². The summed E-state index contributed by atoms with van der Waals surface area (Å²) < 4.78 is 39.7. The van der Waals surface area contributed by atoms with Crippen LogP contribution in [0.3, 0.4) is 0 Å². The van der Waals surface area contributed by atoms with E-state index in [1.54, 1.807) is 19.9 Å². The molecular weight excluding hydrogens is 303 g/mol. The maximum atomic E-state index is 11.8. The van der Waals surface area contributed by atoms with Crippen LogP contribution in [0.15, 0.2) is 10.9 Å². The summed E-state index contributed by atoms with van der Waals surface area (Å²) >= 11 is 0. The number of urea groups is 1. The number of nitrogens with one attached hydrogen (secondary N) is 3. The molecule has 22 heavy (non-hydrogen) atoms. The number of aryl methyl sites for hydroxylation is 2. The second kappa shape index (κ2) is 7.83. The Bertz CT molecular complexity index is 570. The molecule has 6 nitrogen and oxygen atoms in total. The smallest absolute Gasteiger partial charge is 0.370 e. The third kappa shape index (κ3) is 6.61. The predicted octanol–water partition coefficient (Wildman–Crippen LogP) is 1.37. The molecule has 2 amide bonds. The number of carbonyl (C=O) groups excluding carboxylic acids is 1. The molecule has 9 heteroatoms. The topological polar surface area (TPSA) is 83.2 Å². The fraction of sp³-hybridized carbons (Fsp3) is 0.538. The van der Waals surface area contributed by atoms with Gasteiger partial charge in [0, 0.05) is 17.8 Å². The maximum Gasteiger partial charge on any atom is 0.411 e. The van der Waals surface area contributed by atoms with E-state index in [9.17, 15) is 22.8 Å². The van der Waals surface area contributed by atoms with Crippen LogP contribution in [0.25, 0.3) is 0 Å². The van der Waals surface area contributed by atoms with Crippen LogP contribution in [0.1, 0.15) is 16.8 Å². The van der Waals surface area contributed by atoms with Gasteiger partial charge in [0.05, 0.1) is 13.2 Å². The predicted molar refractivity (Wildman–Crippen MR) is 73.6 cm³/mol. The van der Waals surface area contributed by atoms with Crippen molar-refractivity contribution in [1.82, 2.24) is 15.6 Å². The van der Waals surface area contributed by atoms with Gasteiger partial charge in [-0.2, -0.15) is 13.2 Å². The lowest BCUT2D eigenvalue weighted by Gasteiger charge is -2.10. The van der Waals surface area contributed by atoms with Crippen molar-refractivity contribution >= 4 is 6.03 Å². The number of ether oxygens (including phenoxy) is 1. The molecule has 0 atom stereocenters. The molecule has 0 radical (unpaired) electrons. The second-order valence-electron chi connectivity index (χ2n) is 4.72. The van der Waals surface area contributed by atoms with Crippen molar-refractivity contribution in [1.29, 1.82) is 0 Å². The minimum absolute atomic E-state index is 0.0245. The van der Waals surface area contributed by atoms with Crippen LogP contribution in [0, 0.1) is 13.8 Å². The Balaban J connectivity index is 2.31. The van der Waals surface area contributed by atoms with Crippen LogP contribution in [0.2, 0.25) is 0 Å². The van der Waals surface area contributed by atoms with Gasteiger partial charge in [-0.05, 0) is 25.5 Å². The lowest BCUT2D eigenvalue weighted by Crippen LogP contribution is -2.38. The average Bonchev–Trinajstić information content (AvgIpc) is 2.35. The van der Waals surface area contributed by atoms with Crippen molar-refractivity contribution in [3.8, 4) is 0 Å². The SMILES string of the molecule is Cc1cc(C)c(CNC(=O)NCCOCC(F)(F)F)c(=O)[nH]1. The number of alkyl halides is 3. The number of aromatic nitrogens is 1. The maximum absolute atomic E-state index is 11.8. The molecule has 1 aromatic rings. The number of rotatable bonds is 6. The van der Waals surface area contributed by atoms with E-state index in [-0.39, 0.29) is 25.3 Å². The van der Waals surface area contributed by atoms with Crippen molar-refractivity contribution in [2.75, 3.05) is 19.8 Å². The number of halogens is 3. The number of aromatic amines is 1. The van der Waals surface area contributed by atoms with E-state index in [4.69, 9.17) is 0 Å². The average molecular weight is 321 g/mol. The third-order valence-corrected chi connectivity index (χ3v) is 2.72. The van der Waals surface area contributed by atoms with Crippen molar-refractivity contribution < 1.29 is 22.7 Å². The molecule has 0 aliphatic rings. The summed E-state index contributed by atoms with van der Waals surface area (Å²) in [5.74, 6) is 0. The molecule has 0 unspecified atom stereocenters. The Labute approximate surface area is 125 Å². The summed E-state index contributed by atoms with van der Waals surface area (Å²) in [6.45, 7) is 1.86. The van der Waals surface area contributed by atoms with Gasteiger partial charge in [0.1, 0.15) is 6.61 Å². The lowest BCUT2D eigenvalue weighted by molar-refractivity contribution is -0.173. The third-order valence-electron chi connectivity index (χ3n) is 2.72. The fourth-order valence-electron chi connectivity index (χ4n) is 1.76. The Morgan fingerprint density at radius 2 is 2.00 bits per heavy atom. The Kier molecular flexibility index (Phi) is 6.41. The van der Waals surface area contributed by atoms with Gasteiger partial charge in [-0.3, -0.25) is 4.79 Å². The van der Waals surface area contributed by atoms with Crippen LogP contribution < -0.4 is 16.2 Å². The van der Waals surface area contributed by atoms with E-state index in [1.165, 1.54) is 0 Å². The van der Waals surface area contributed by atoms with Crippen LogP contribution in [-0.4, -0.2) is 36.9 Å². The van der Waals surface area contributed by atoms with E-state index in [0.29, 0.717) is 5.56 Å². The molecule has 124 valence electrons. The Hall–Kier alpha value is -2.03. The first-order valence-corrected chi connectivity index (χ1v) is 6.54. The largest absolute Gasteiger partial charge is 0.411 e. The molecular formula is C13H18F3N3O3. The van der Waals surface area contributed by atoms with Crippen molar-refractivity contribution in [3.63, 3.8) is 0 Å². The number of hydrogen-bond donors (Lipinski definition) is 3. The summed E-state index contributed by atoms with van der Waals surface area (Å²) in [7, 11) is 0. The van der Waals surface area contributed by atoms with Gasteiger partial charge < -0.3 is 20.4 Å². The minimum Gasteiger partial charge on any atom is -0.370 e. The summed E-state index contributed by atoms with van der Waals surface area (Å²) in [6, 6.07) is 1.19. The van der Waals surface area contributed by atoms with E-state index in [2.05, 4.69) is 20.4 Å². The number of pyridine rings is 1. The second-order valence-corrected chi connectivity index (χ2v) is 4.72. The highest BCUT2D eigenvalue weighted by atomic mass is 19.4. The summed E-state index contributed by atoms with van der Waals surface area (Å²) in [5, 5.41) is 4.79. The van der Waals surface area contributed by atoms with E-state index in [0.717, 1.165) is 11.3 Å². The first-order valence-electron chi connectivity index (χ1n) is 6.54. The van der Waals surface area contributed by atoms with Crippen molar-refractivity contribution in [3.05, 3.63) is 33.2 Å². The van der Waals surface area contributed by atoms with Gasteiger partial charge in [-0.1, -0.05) is 0 Å². The van der Waals surface area contributed by atoms with E-state index in [1.807, 2.05) is 0 Å². The van der Waals surface area contributed by atoms with E-state index >= 15 is 0 Å².